The second-order valence-electron chi connectivity index (χ2n) is 6.61. The highest BCUT2D eigenvalue weighted by molar-refractivity contribution is 5.20. The summed E-state index contributed by atoms with van der Waals surface area (Å²) < 4.78 is 0. The minimum absolute atomic E-state index is 0.494. The van der Waals surface area contributed by atoms with E-state index in [9.17, 15) is 0 Å². The van der Waals surface area contributed by atoms with Crippen LogP contribution in [-0.4, -0.2) is 24.5 Å². The fourth-order valence-corrected chi connectivity index (χ4v) is 3.95. The molecule has 1 aromatic carbocycles. The van der Waals surface area contributed by atoms with Crippen LogP contribution >= 0.6 is 0 Å². The van der Waals surface area contributed by atoms with E-state index in [-0.39, 0.29) is 0 Å². The third kappa shape index (κ3) is 3.42. The van der Waals surface area contributed by atoms with E-state index < -0.39 is 0 Å². The van der Waals surface area contributed by atoms with Gasteiger partial charge in [0.05, 0.1) is 0 Å². The van der Waals surface area contributed by atoms with Gasteiger partial charge in [-0.25, -0.2) is 0 Å². The predicted octanol–water partition coefficient (Wildman–Crippen LogP) is 3.83. The van der Waals surface area contributed by atoms with Crippen LogP contribution in [0.3, 0.4) is 0 Å². The quantitative estimate of drug-likeness (QED) is 0.884. The van der Waals surface area contributed by atoms with Crippen molar-refractivity contribution in [2.24, 2.45) is 17.6 Å². The predicted molar refractivity (Wildman–Crippen MR) is 86.6 cm³/mol. The summed E-state index contributed by atoms with van der Waals surface area (Å²) in [5.74, 6) is 1.28. The van der Waals surface area contributed by atoms with E-state index in [0.717, 1.165) is 6.54 Å². The fraction of sp³-hybridized carbons (Fsp3) is 0.667. The molecule has 0 heterocycles. The van der Waals surface area contributed by atoms with Crippen molar-refractivity contribution in [3.63, 3.8) is 0 Å². The van der Waals surface area contributed by atoms with Gasteiger partial charge in [0.1, 0.15) is 0 Å². The van der Waals surface area contributed by atoms with Crippen LogP contribution in [0.15, 0.2) is 30.3 Å². The third-order valence-electron chi connectivity index (χ3n) is 4.91. The largest absolute Gasteiger partial charge is 0.330 e. The number of rotatable bonds is 5. The van der Waals surface area contributed by atoms with Gasteiger partial charge in [-0.05, 0) is 43.8 Å². The lowest BCUT2D eigenvalue weighted by Gasteiger charge is -2.43. The number of hydrogen-bond donors (Lipinski definition) is 1. The maximum absolute atomic E-state index is 6.02. The van der Waals surface area contributed by atoms with Gasteiger partial charge in [-0.2, -0.15) is 0 Å². The Morgan fingerprint density at radius 1 is 1.15 bits per heavy atom. The maximum atomic E-state index is 6.02. The molecule has 112 valence electrons. The van der Waals surface area contributed by atoms with E-state index in [1.165, 1.54) is 31.2 Å². The van der Waals surface area contributed by atoms with Gasteiger partial charge in [-0.15, -0.1) is 0 Å². The molecule has 2 rings (SSSR count). The second kappa shape index (κ2) is 7.24. The van der Waals surface area contributed by atoms with Crippen molar-refractivity contribution < 1.29 is 0 Å². The maximum Gasteiger partial charge on any atom is 0.0371 e. The topological polar surface area (TPSA) is 29.3 Å². The Bertz CT molecular complexity index is 388. The molecular formula is C18H30N2. The summed E-state index contributed by atoms with van der Waals surface area (Å²) in [5, 5.41) is 0. The van der Waals surface area contributed by atoms with Crippen LogP contribution in [0.2, 0.25) is 0 Å². The van der Waals surface area contributed by atoms with Gasteiger partial charge in [0.2, 0.25) is 0 Å². The summed E-state index contributed by atoms with van der Waals surface area (Å²) in [6.07, 6.45) is 5.30. The van der Waals surface area contributed by atoms with E-state index in [0.29, 0.717) is 23.9 Å². The molecule has 20 heavy (non-hydrogen) atoms. The minimum Gasteiger partial charge on any atom is -0.330 e. The van der Waals surface area contributed by atoms with Crippen molar-refractivity contribution in [2.45, 2.75) is 51.6 Å². The van der Waals surface area contributed by atoms with Gasteiger partial charge in [0.15, 0.2) is 0 Å². The number of nitrogens with zero attached hydrogens (tertiary/aromatic N) is 1. The zero-order chi connectivity index (χ0) is 14.5. The summed E-state index contributed by atoms with van der Waals surface area (Å²) in [6.45, 7) is 5.48. The molecule has 2 N–H and O–H groups in total. The Balaban J connectivity index is 2.20. The Morgan fingerprint density at radius 2 is 1.80 bits per heavy atom. The van der Waals surface area contributed by atoms with E-state index >= 15 is 0 Å². The first-order valence-corrected chi connectivity index (χ1v) is 8.12. The molecule has 1 aromatic rings. The number of hydrogen-bond acceptors (Lipinski definition) is 2. The normalized spacial score (nSPS) is 25.1. The summed E-state index contributed by atoms with van der Waals surface area (Å²) in [4.78, 5) is 2.61. The first-order valence-electron chi connectivity index (χ1n) is 8.12. The van der Waals surface area contributed by atoms with Gasteiger partial charge in [-0.3, -0.25) is 4.90 Å². The van der Waals surface area contributed by atoms with Gasteiger partial charge in [0, 0.05) is 12.1 Å². The van der Waals surface area contributed by atoms with Crippen molar-refractivity contribution in [3.05, 3.63) is 35.9 Å². The number of benzene rings is 1. The van der Waals surface area contributed by atoms with Crippen LogP contribution in [0, 0.1) is 11.8 Å². The van der Waals surface area contributed by atoms with Gasteiger partial charge in [-0.1, -0.05) is 57.0 Å². The van der Waals surface area contributed by atoms with Crippen LogP contribution in [0.25, 0.3) is 0 Å². The fourth-order valence-electron chi connectivity index (χ4n) is 3.95. The average molecular weight is 274 g/mol. The molecule has 2 nitrogen and oxygen atoms in total. The van der Waals surface area contributed by atoms with E-state index in [1.807, 2.05) is 0 Å². The Morgan fingerprint density at radius 3 is 2.40 bits per heavy atom. The Hall–Kier alpha value is -0.860. The van der Waals surface area contributed by atoms with Gasteiger partial charge in [0.25, 0.3) is 0 Å². The third-order valence-corrected chi connectivity index (χ3v) is 4.91. The Kier molecular flexibility index (Phi) is 5.62. The molecule has 0 aliphatic heterocycles. The molecule has 0 aromatic heterocycles. The van der Waals surface area contributed by atoms with Crippen LogP contribution in [0.4, 0.5) is 0 Å². The van der Waals surface area contributed by atoms with Crippen molar-refractivity contribution in [2.75, 3.05) is 13.6 Å². The lowest BCUT2D eigenvalue weighted by atomic mass is 9.81. The molecule has 3 atom stereocenters. The van der Waals surface area contributed by atoms with Gasteiger partial charge >= 0.3 is 0 Å². The molecule has 3 unspecified atom stereocenters. The molecule has 1 saturated carbocycles. The minimum atomic E-state index is 0.494. The zero-order valence-electron chi connectivity index (χ0n) is 13.3. The summed E-state index contributed by atoms with van der Waals surface area (Å²) >= 11 is 0. The molecule has 0 bridgehead atoms. The highest BCUT2D eigenvalue weighted by Gasteiger charge is 2.32. The SMILES string of the molecule is CC(C)C(c1ccccc1)N(C)C1CCCCC1CN. The summed E-state index contributed by atoms with van der Waals surface area (Å²) in [5.41, 5.74) is 7.46. The highest BCUT2D eigenvalue weighted by atomic mass is 15.2. The standard InChI is InChI=1S/C18H30N2/c1-14(2)18(15-9-5-4-6-10-15)20(3)17-12-8-7-11-16(17)13-19/h4-6,9-10,14,16-18H,7-8,11-13,19H2,1-3H3. The van der Waals surface area contributed by atoms with E-state index in [4.69, 9.17) is 5.73 Å². The van der Waals surface area contributed by atoms with Crippen LogP contribution < -0.4 is 5.73 Å². The van der Waals surface area contributed by atoms with Crippen molar-refractivity contribution in [3.8, 4) is 0 Å². The Labute approximate surface area is 124 Å². The van der Waals surface area contributed by atoms with Crippen molar-refractivity contribution >= 4 is 0 Å². The molecule has 0 spiro atoms. The second-order valence-corrected chi connectivity index (χ2v) is 6.61. The summed E-state index contributed by atoms with van der Waals surface area (Å²) in [7, 11) is 2.30. The molecule has 2 heteroatoms. The van der Waals surface area contributed by atoms with Crippen LogP contribution in [-0.2, 0) is 0 Å². The molecular weight excluding hydrogens is 244 g/mol. The summed E-state index contributed by atoms with van der Waals surface area (Å²) in [6, 6.07) is 12.1. The van der Waals surface area contributed by atoms with Crippen LogP contribution in [0.1, 0.15) is 51.1 Å². The monoisotopic (exact) mass is 274 g/mol. The van der Waals surface area contributed by atoms with Gasteiger partial charge < -0.3 is 5.73 Å². The van der Waals surface area contributed by atoms with Crippen molar-refractivity contribution in [1.82, 2.24) is 4.90 Å². The lowest BCUT2D eigenvalue weighted by Crippen LogP contribution is -2.45. The van der Waals surface area contributed by atoms with E-state index in [2.05, 4.69) is 56.1 Å². The highest BCUT2D eigenvalue weighted by Crippen LogP contribution is 2.35. The molecule has 0 amide bonds. The molecule has 1 aliphatic carbocycles. The van der Waals surface area contributed by atoms with Crippen molar-refractivity contribution in [1.29, 1.82) is 0 Å². The zero-order valence-corrected chi connectivity index (χ0v) is 13.3. The number of nitrogens with two attached hydrogens (primary N) is 1. The molecule has 1 fully saturated rings. The average Bonchev–Trinajstić information content (AvgIpc) is 2.48. The van der Waals surface area contributed by atoms with E-state index in [1.54, 1.807) is 0 Å². The van der Waals surface area contributed by atoms with Crippen LogP contribution in [0.5, 0.6) is 0 Å². The smallest absolute Gasteiger partial charge is 0.0371 e. The lowest BCUT2D eigenvalue weighted by molar-refractivity contribution is 0.0703. The first-order chi connectivity index (χ1) is 9.65. The molecule has 0 radical (unpaired) electrons. The molecule has 0 saturated heterocycles. The first kappa shape index (κ1) is 15.5. The molecule has 1 aliphatic rings.